The van der Waals surface area contributed by atoms with Crippen LogP contribution in [0.2, 0.25) is 0 Å². The van der Waals surface area contributed by atoms with Crippen molar-refractivity contribution in [2.24, 2.45) is 0 Å². The molecule has 0 aliphatic carbocycles. The number of benzene rings is 1. The molecule has 1 aromatic rings. The first-order valence-corrected chi connectivity index (χ1v) is 7.39. The van der Waals surface area contributed by atoms with E-state index in [0.29, 0.717) is 0 Å². The molecule has 1 saturated heterocycles. The second kappa shape index (κ2) is 6.46. The Morgan fingerprint density at radius 1 is 1.20 bits per heavy atom. The van der Waals surface area contributed by atoms with E-state index in [2.05, 4.69) is 30.7 Å². The van der Waals surface area contributed by atoms with Gasteiger partial charge in [0.05, 0.1) is 6.61 Å². The van der Waals surface area contributed by atoms with Crippen LogP contribution in [-0.2, 0) is 0 Å². The first-order valence-electron chi connectivity index (χ1n) is 7.39. The minimum absolute atomic E-state index is 0.274. The van der Waals surface area contributed by atoms with Crippen LogP contribution in [0, 0.1) is 0 Å². The third-order valence-corrected chi connectivity index (χ3v) is 4.16. The molecule has 0 saturated carbocycles. The van der Waals surface area contributed by atoms with Crippen LogP contribution in [0.15, 0.2) is 24.3 Å². The molecule has 0 atom stereocenters. The lowest BCUT2D eigenvalue weighted by molar-refractivity contribution is 0.0377. The summed E-state index contributed by atoms with van der Waals surface area (Å²) in [6, 6.07) is 7.60. The number of hydrogen-bond acceptors (Lipinski definition) is 4. The lowest BCUT2D eigenvalue weighted by Gasteiger charge is -2.45. The second-order valence-electron chi connectivity index (χ2n) is 6.28. The van der Waals surface area contributed by atoms with Crippen molar-refractivity contribution in [1.29, 1.82) is 0 Å². The summed E-state index contributed by atoms with van der Waals surface area (Å²) in [7, 11) is 2.21. The smallest absolute Gasteiger partial charge is 0.119 e. The summed E-state index contributed by atoms with van der Waals surface area (Å²) in [5.41, 5.74) is 6.70. The van der Waals surface area contributed by atoms with Gasteiger partial charge in [-0.1, -0.05) is 0 Å². The molecule has 4 nitrogen and oxygen atoms in total. The molecule has 0 amide bonds. The average molecular weight is 277 g/mol. The van der Waals surface area contributed by atoms with E-state index in [9.17, 15) is 0 Å². The molecule has 1 heterocycles. The highest BCUT2D eigenvalue weighted by molar-refractivity contribution is 5.41. The fourth-order valence-electron chi connectivity index (χ4n) is 2.57. The number of hydrogen-bond donors (Lipinski definition) is 1. The molecule has 0 unspecified atom stereocenters. The number of rotatable bonds is 5. The van der Waals surface area contributed by atoms with Crippen LogP contribution in [0.25, 0.3) is 0 Å². The molecule has 0 aromatic heterocycles. The van der Waals surface area contributed by atoms with Gasteiger partial charge in [-0.25, -0.2) is 0 Å². The molecule has 20 heavy (non-hydrogen) atoms. The number of ether oxygens (including phenoxy) is 1. The van der Waals surface area contributed by atoms with Crippen molar-refractivity contribution in [3.63, 3.8) is 0 Å². The normalized spacial score (nSPS) is 19.9. The van der Waals surface area contributed by atoms with Crippen molar-refractivity contribution < 1.29 is 4.74 Å². The van der Waals surface area contributed by atoms with Crippen LogP contribution in [-0.4, -0.2) is 55.2 Å². The molecule has 1 aliphatic heterocycles. The molecule has 1 aromatic carbocycles. The molecule has 0 radical (unpaired) electrons. The van der Waals surface area contributed by atoms with Gasteiger partial charge >= 0.3 is 0 Å². The Kier molecular flexibility index (Phi) is 4.89. The van der Waals surface area contributed by atoms with Crippen LogP contribution in [0.1, 0.15) is 20.3 Å². The minimum Gasteiger partial charge on any atom is -0.494 e. The van der Waals surface area contributed by atoms with E-state index in [1.165, 1.54) is 0 Å². The van der Waals surface area contributed by atoms with Crippen LogP contribution < -0.4 is 10.5 Å². The maximum Gasteiger partial charge on any atom is 0.119 e. The molecule has 2 N–H and O–H groups in total. The first kappa shape index (κ1) is 15.1. The summed E-state index contributed by atoms with van der Waals surface area (Å²) >= 11 is 0. The van der Waals surface area contributed by atoms with E-state index < -0.39 is 0 Å². The standard InChI is InChI=1S/C16H27N3O/c1-16(2)13-19(11-10-18(16)3)9-4-12-20-15-7-5-14(17)6-8-15/h5-8H,4,9-13,17H2,1-3H3. The van der Waals surface area contributed by atoms with Crippen molar-refractivity contribution in [2.45, 2.75) is 25.8 Å². The molecule has 2 rings (SSSR count). The van der Waals surface area contributed by atoms with E-state index >= 15 is 0 Å². The Bertz CT molecular complexity index is 416. The topological polar surface area (TPSA) is 41.7 Å². The zero-order chi connectivity index (χ0) is 14.6. The lowest BCUT2D eigenvalue weighted by atomic mass is 10.00. The molecule has 112 valence electrons. The summed E-state index contributed by atoms with van der Waals surface area (Å²) in [5.74, 6) is 0.901. The fourth-order valence-corrected chi connectivity index (χ4v) is 2.57. The Labute approximate surface area is 122 Å². The molecular weight excluding hydrogens is 250 g/mol. The highest BCUT2D eigenvalue weighted by atomic mass is 16.5. The van der Waals surface area contributed by atoms with Gasteiger partial charge in [0.2, 0.25) is 0 Å². The van der Waals surface area contributed by atoms with Crippen LogP contribution in [0.3, 0.4) is 0 Å². The lowest BCUT2D eigenvalue weighted by Crippen LogP contribution is -2.57. The van der Waals surface area contributed by atoms with Crippen molar-refractivity contribution in [1.82, 2.24) is 9.80 Å². The first-order chi connectivity index (χ1) is 9.47. The Balaban J connectivity index is 1.67. The van der Waals surface area contributed by atoms with Crippen LogP contribution >= 0.6 is 0 Å². The van der Waals surface area contributed by atoms with Crippen molar-refractivity contribution in [2.75, 3.05) is 45.6 Å². The number of piperazine rings is 1. The van der Waals surface area contributed by atoms with E-state index in [4.69, 9.17) is 10.5 Å². The molecule has 4 heteroatoms. The second-order valence-corrected chi connectivity index (χ2v) is 6.28. The molecule has 0 spiro atoms. The third kappa shape index (κ3) is 4.12. The quantitative estimate of drug-likeness (QED) is 0.661. The average Bonchev–Trinajstić information content (AvgIpc) is 2.40. The SMILES string of the molecule is CN1CCN(CCCOc2ccc(N)cc2)CC1(C)C. The summed E-state index contributed by atoms with van der Waals surface area (Å²) in [5, 5.41) is 0. The highest BCUT2D eigenvalue weighted by Gasteiger charge is 2.30. The zero-order valence-corrected chi connectivity index (χ0v) is 12.9. The number of likely N-dealkylation sites (N-methyl/N-ethyl adjacent to an activating group) is 1. The number of nitrogen functional groups attached to an aromatic ring is 1. The molecule has 1 fully saturated rings. The predicted octanol–water partition coefficient (Wildman–Crippen LogP) is 2.06. The van der Waals surface area contributed by atoms with Gasteiger partial charge in [0.1, 0.15) is 5.75 Å². The highest BCUT2D eigenvalue weighted by Crippen LogP contribution is 2.19. The van der Waals surface area contributed by atoms with E-state index in [-0.39, 0.29) is 5.54 Å². The minimum atomic E-state index is 0.274. The van der Waals surface area contributed by atoms with E-state index in [1.54, 1.807) is 0 Å². The monoisotopic (exact) mass is 277 g/mol. The summed E-state index contributed by atoms with van der Waals surface area (Å²) in [6.07, 6.45) is 1.06. The van der Waals surface area contributed by atoms with Gasteiger partial charge in [-0.05, 0) is 51.6 Å². The number of nitrogens with zero attached hydrogens (tertiary/aromatic N) is 2. The molecular formula is C16H27N3O. The van der Waals surface area contributed by atoms with Crippen LogP contribution in [0.5, 0.6) is 5.75 Å². The van der Waals surface area contributed by atoms with Gasteiger partial charge < -0.3 is 15.4 Å². The van der Waals surface area contributed by atoms with Crippen molar-refractivity contribution >= 4 is 5.69 Å². The van der Waals surface area contributed by atoms with Crippen LogP contribution in [0.4, 0.5) is 5.69 Å². The Morgan fingerprint density at radius 2 is 1.90 bits per heavy atom. The summed E-state index contributed by atoms with van der Waals surface area (Å²) < 4.78 is 5.73. The number of anilines is 1. The third-order valence-electron chi connectivity index (χ3n) is 4.16. The largest absolute Gasteiger partial charge is 0.494 e. The van der Waals surface area contributed by atoms with Crippen molar-refractivity contribution in [3.8, 4) is 5.75 Å². The van der Waals surface area contributed by atoms with Gasteiger partial charge in [-0.2, -0.15) is 0 Å². The van der Waals surface area contributed by atoms with E-state index in [0.717, 1.165) is 50.6 Å². The predicted molar refractivity (Wildman–Crippen MR) is 84.1 cm³/mol. The Hall–Kier alpha value is -1.26. The van der Waals surface area contributed by atoms with Gasteiger partial charge in [-0.15, -0.1) is 0 Å². The number of nitrogens with two attached hydrogens (primary N) is 1. The zero-order valence-electron chi connectivity index (χ0n) is 12.9. The van der Waals surface area contributed by atoms with Gasteiger partial charge in [-0.3, -0.25) is 4.90 Å². The van der Waals surface area contributed by atoms with Gasteiger partial charge in [0.15, 0.2) is 0 Å². The van der Waals surface area contributed by atoms with Gasteiger partial charge in [0, 0.05) is 37.4 Å². The van der Waals surface area contributed by atoms with Gasteiger partial charge in [0.25, 0.3) is 0 Å². The summed E-state index contributed by atoms with van der Waals surface area (Å²) in [6.45, 7) is 9.91. The maximum atomic E-state index is 5.73. The molecule has 1 aliphatic rings. The maximum absolute atomic E-state index is 5.73. The fraction of sp³-hybridized carbons (Fsp3) is 0.625. The molecule has 0 bridgehead atoms. The Morgan fingerprint density at radius 3 is 2.55 bits per heavy atom. The van der Waals surface area contributed by atoms with E-state index in [1.807, 2.05) is 24.3 Å². The summed E-state index contributed by atoms with van der Waals surface area (Å²) in [4.78, 5) is 4.97. The van der Waals surface area contributed by atoms with Crippen molar-refractivity contribution in [3.05, 3.63) is 24.3 Å².